The number of rotatable bonds is 3. The number of benzene rings is 1. The maximum atomic E-state index is 11.6. The highest BCUT2D eigenvalue weighted by molar-refractivity contribution is 5.73. The molecule has 1 aromatic carbocycles. The zero-order valence-electron chi connectivity index (χ0n) is 11.0. The maximum Gasteiger partial charge on any atom is 0.310 e. The Hall–Kier alpha value is -1.91. The normalized spacial score (nSPS) is 11.1. The monoisotopic (exact) mass is 251 g/mol. The molecule has 0 aliphatic carbocycles. The van der Waals surface area contributed by atoms with Gasteiger partial charge in [-0.05, 0) is 33.3 Å². The Labute approximate surface area is 106 Å². The van der Waals surface area contributed by atoms with Crippen LogP contribution in [0, 0.1) is 17.0 Å². The van der Waals surface area contributed by atoms with Crippen LogP contribution in [-0.2, 0) is 16.0 Å². The van der Waals surface area contributed by atoms with Gasteiger partial charge in [0.15, 0.2) is 0 Å². The van der Waals surface area contributed by atoms with Gasteiger partial charge in [-0.15, -0.1) is 0 Å². The van der Waals surface area contributed by atoms with Gasteiger partial charge in [-0.3, -0.25) is 14.9 Å². The first kappa shape index (κ1) is 14.2. The molecular formula is C13H17NO4. The summed E-state index contributed by atoms with van der Waals surface area (Å²) in [6.07, 6.45) is 0.0401. The predicted molar refractivity (Wildman–Crippen MR) is 67.4 cm³/mol. The molecule has 1 aromatic rings. The molecule has 0 unspecified atom stereocenters. The second-order valence-electron chi connectivity index (χ2n) is 5.14. The Bertz CT molecular complexity index is 474. The molecule has 0 atom stereocenters. The highest BCUT2D eigenvalue weighted by Crippen LogP contribution is 2.20. The molecule has 0 fully saturated rings. The second kappa shape index (κ2) is 5.16. The van der Waals surface area contributed by atoms with Crippen LogP contribution >= 0.6 is 0 Å². The smallest absolute Gasteiger partial charge is 0.310 e. The molecule has 5 heteroatoms. The predicted octanol–water partition coefficient (Wildman–Crippen LogP) is 2.79. The van der Waals surface area contributed by atoms with Crippen molar-refractivity contribution in [1.29, 1.82) is 0 Å². The van der Waals surface area contributed by atoms with E-state index in [1.54, 1.807) is 39.8 Å². The topological polar surface area (TPSA) is 69.4 Å². The highest BCUT2D eigenvalue weighted by Gasteiger charge is 2.18. The fraction of sp³-hybridized carbons (Fsp3) is 0.462. The van der Waals surface area contributed by atoms with E-state index in [9.17, 15) is 14.9 Å². The molecule has 0 aliphatic rings. The SMILES string of the molecule is Cc1ccc(CC(=O)OC(C)(C)C)cc1[N+](=O)[O-]. The largest absolute Gasteiger partial charge is 0.460 e. The molecule has 0 bridgehead atoms. The summed E-state index contributed by atoms with van der Waals surface area (Å²) in [4.78, 5) is 21.9. The summed E-state index contributed by atoms with van der Waals surface area (Å²) in [5.74, 6) is -0.388. The first-order valence-electron chi connectivity index (χ1n) is 5.65. The van der Waals surface area contributed by atoms with Crippen molar-refractivity contribution in [2.45, 2.75) is 39.7 Å². The quantitative estimate of drug-likeness (QED) is 0.470. The van der Waals surface area contributed by atoms with Crippen molar-refractivity contribution in [3.63, 3.8) is 0 Å². The number of carbonyl (C=O) groups excluding carboxylic acids is 1. The van der Waals surface area contributed by atoms with Crippen LogP contribution in [0.15, 0.2) is 18.2 Å². The van der Waals surface area contributed by atoms with Gasteiger partial charge in [-0.1, -0.05) is 12.1 Å². The molecule has 0 aromatic heterocycles. The minimum atomic E-state index is -0.548. The minimum absolute atomic E-state index is 0.0241. The first-order chi connectivity index (χ1) is 8.19. The maximum absolute atomic E-state index is 11.6. The number of aryl methyl sites for hydroxylation is 1. The van der Waals surface area contributed by atoms with Gasteiger partial charge in [0.2, 0.25) is 0 Å². The molecule has 0 saturated carbocycles. The molecule has 5 nitrogen and oxygen atoms in total. The molecule has 98 valence electrons. The van der Waals surface area contributed by atoms with E-state index in [1.807, 2.05) is 0 Å². The van der Waals surface area contributed by atoms with Crippen LogP contribution in [0.1, 0.15) is 31.9 Å². The lowest BCUT2D eigenvalue weighted by atomic mass is 10.1. The number of nitro benzene ring substituents is 1. The highest BCUT2D eigenvalue weighted by atomic mass is 16.6. The van der Waals surface area contributed by atoms with Gasteiger partial charge in [-0.25, -0.2) is 0 Å². The van der Waals surface area contributed by atoms with E-state index < -0.39 is 10.5 Å². The summed E-state index contributed by atoms with van der Waals surface area (Å²) >= 11 is 0. The summed E-state index contributed by atoms with van der Waals surface area (Å²) in [5.41, 5.74) is 0.638. The second-order valence-corrected chi connectivity index (χ2v) is 5.14. The van der Waals surface area contributed by atoms with Gasteiger partial charge in [-0.2, -0.15) is 0 Å². The van der Waals surface area contributed by atoms with E-state index in [1.165, 1.54) is 6.07 Å². The molecule has 0 spiro atoms. The molecule has 18 heavy (non-hydrogen) atoms. The first-order valence-corrected chi connectivity index (χ1v) is 5.65. The summed E-state index contributed by atoms with van der Waals surface area (Å²) in [6, 6.07) is 4.75. The molecule has 0 saturated heterocycles. The van der Waals surface area contributed by atoms with Crippen molar-refractivity contribution >= 4 is 11.7 Å². The molecule has 0 aliphatic heterocycles. The zero-order valence-corrected chi connectivity index (χ0v) is 11.0. The third-order valence-electron chi connectivity index (χ3n) is 2.24. The van der Waals surface area contributed by atoms with Crippen molar-refractivity contribution in [2.24, 2.45) is 0 Å². The van der Waals surface area contributed by atoms with E-state index in [0.717, 1.165) is 0 Å². The molecule has 0 N–H and O–H groups in total. The third kappa shape index (κ3) is 4.16. The average molecular weight is 251 g/mol. The van der Waals surface area contributed by atoms with Crippen LogP contribution in [0.4, 0.5) is 5.69 Å². The number of esters is 1. The number of nitrogens with zero attached hydrogens (tertiary/aromatic N) is 1. The van der Waals surface area contributed by atoms with Gasteiger partial charge in [0, 0.05) is 11.6 Å². The molecule has 0 heterocycles. The van der Waals surface area contributed by atoms with Crippen LogP contribution in [-0.4, -0.2) is 16.5 Å². The average Bonchev–Trinajstić information content (AvgIpc) is 2.17. The fourth-order valence-corrected chi connectivity index (χ4v) is 1.51. The lowest BCUT2D eigenvalue weighted by Gasteiger charge is -2.19. The van der Waals surface area contributed by atoms with Crippen LogP contribution in [0.3, 0.4) is 0 Å². The van der Waals surface area contributed by atoms with Gasteiger partial charge >= 0.3 is 5.97 Å². The number of carbonyl (C=O) groups is 1. The number of nitro groups is 1. The van der Waals surface area contributed by atoms with Crippen LogP contribution in [0.2, 0.25) is 0 Å². The summed E-state index contributed by atoms with van der Waals surface area (Å²) in [6.45, 7) is 7.00. The number of hydrogen-bond donors (Lipinski definition) is 0. The van der Waals surface area contributed by atoms with E-state index >= 15 is 0 Å². The van der Waals surface area contributed by atoms with Crippen molar-refractivity contribution in [3.8, 4) is 0 Å². The van der Waals surface area contributed by atoms with Crippen LogP contribution in [0.5, 0.6) is 0 Å². The fourth-order valence-electron chi connectivity index (χ4n) is 1.51. The minimum Gasteiger partial charge on any atom is -0.460 e. The number of ether oxygens (including phenoxy) is 1. The summed E-state index contributed by atoms with van der Waals surface area (Å²) in [5, 5.41) is 10.8. The standard InChI is InChI=1S/C13H17NO4/c1-9-5-6-10(7-11(9)14(16)17)8-12(15)18-13(2,3)4/h5-7H,8H2,1-4H3. The van der Waals surface area contributed by atoms with Gasteiger partial charge in [0.25, 0.3) is 5.69 Å². The molecule has 0 radical (unpaired) electrons. The Balaban J connectivity index is 2.83. The molecule has 1 rings (SSSR count). The summed E-state index contributed by atoms with van der Waals surface area (Å²) < 4.78 is 5.16. The van der Waals surface area contributed by atoms with Crippen LogP contribution in [0.25, 0.3) is 0 Å². The van der Waals surface area contributed by atoms with E-state index in [4.69, 9.17) is 4.74 Å². The van der Waals surface area contributed by atoms with Crippen LogP contribution < -0.4 is 0 Å². The van der Waals surface area contributed by atoms with Gasteiger partial charge in [0.05, 0.1) is 11.3 Å². The molecular weight excluding hydrogens is 234 g/mol. The van der Waals surface area contributed by atoms with E-state index in [-0.39, 0.29) is 18.1 Å². The Morgan fingerprint density at radius 2 is 2.00 bits per heavy atom. The van der Waals surface area contributed by atoms with Crippen molar-refractivity contribution in [1.82, 2.24) is 0 Å². The lowest BCUT2D eigenvalue weighted by molar-refractivity contribution is -0.385. The third-order valence-corrected chi connectivity index (χ3v) is 2.24. The van der Waals surface area contributed by atoms with E-state index in [2.05, 4.69) is 0 Å². The van der Waals surface area contributed by atoms with Crippen molar-refractivity contribution in [3.05, 3.63) is 39.4 Å². The van der Waals surface area contributed by atoms with Crippen molar-refractivity contribution < 1.29 is 14.5 Å². The van der Waals surface area contributed by atoms with Gasteiger partial charge < -0.3 is 4.74 Å². The zero-order chi connectivity index (χ0) is 13.9. The Kier molecular flexibility index (Phi) is 4.06. The molecule has 0 amide bonds. The van der Waals surface area contributed by atoms with E-state index in [0.29, 0.717) is 11.1 Å². The lowest BCUT2D eigenvalue weighted by Crippen LogP contribution is -2.24. The Morgan fingerprint density at radius 1 is 1.39 bits per heavy atom. The number of hydrogen-bond acceptors (Lipinski definition) is 4. The Morgan fingerprint density at radius 3 is 2.50 bits per heavy atom. The summed E-state index contributed by atoms with van der Waals surface area (Å²) in [7, 11) is 0. The van der Waals surface area contributed by atoms with Crippen molar-refractivity contribution in [2.75, 3.05) is 0 Å². The van der Waals surface area contributed by atoms with Gasteiger partial charge in [0.1, 0.15) is 5.60 Å².